The first-order valence-electron chi connectivity index (χ1n) is 3.58. The van der Waals surface area contributed by atoms with Crippen LogP contribution in [0.1, 0.15) is 17.4 Å². The van der Waals surface area contributed by atoms with Crippen LogP contribution in [0.4, 0.5) is 11.6 Å². The van der Waals surface area contributed by atoms with Crippen molar-refractivity contribution in [2.75, 3.05) is 18.1 Å². The first-order chi connectivity index (χ1) is 6.06. The third kappa shape index (κ3) is 1.86. The van der Waals surface area contributed by atoms with Crippen LogP contribution in [0.3, 0.4) is 0 Å². The van der Waals surface area contributed by atoms with E-state index in [-0.39, 0.29) is 22.4 Å². The first-order valence-corrected chi connectivity index (χ1v) is 3.95. The second kappa shape index (κ2) is 3.57. The van der Waals surface area contributed by atoms with Gasteiger partial charge in [0.2, 0.25) is 0 Å². The number of nitrogens with zero attached hydrogens (tertiary/aromatic N) is 2. The molecule has 0 bridgehead atoms. The van der Waals surface area contributed by atoms with E-state index in [4.69, 9.17) is 17.3 Å². The lowest BCUT2D eigenvalue weighted by Crippen LogP contribution is -2.08. The van der Waals surface area contributed by atoms with Gasteiger partial charge >= 0.3 is 0 Å². The van der Waals surface area contributed by atoms with E-state index >= 15 is 0 Å². The summed E-state index contributed by atoms with van der Waals surface area (Å²) in [5.74, 6) is 0.240. The van der Waals surface area contributed by atoms with Gasteiger partial charge in [0.05, 0.1) is 0 Å². The number of nitrogens with one attached hydrogen (secondary N) is 1. The molecule has 0 amide bonds. The Bertz CT molecular complexity index is 353. The van der Waals surface area contributed by atoms with Crippen molar-refractivity contribution in [1.82, 2.24) is 9.97 Å². The highest BCUT2D eigenvalue weighted by Crippen LogP contribution is 2.19. The van der Waals surface area contributed by atoms with Crippen molar-refractivity contribution in [3.63, 3.8) is 0 Å². The highest BCUT2D eigenvalue weighted by molar-refractivity contribution is 6.31. The van der Waals surface area contributed by atoms with Gasteiger partial charge in [0.25, 0.3) is 0 Å². The largest absolute Gasteiger partial charge is 0.381 e. The molecule has 3 N–H and O–H groups in total. The molecule has 0 spiro atoms. The molecule has 70 valence electrons. The van der Waals surface area contributed by atoms with Gasteiger partial charge in [-0.2, -0.15) is 0 Å². The number of halogens is 1. The van der Waals surface area contributed by atoms with Gasteiger partial charge in [-0.15, -0.1) is 0 Å². The van der Waals surface area contributed by atoms with Crippen LogP contribution in [-0.2, 0) is 0 Å². The summed E-state index contributed by atoms with van der Waals surface area (Å²) >= 11 is 5.61. The minimum atomic E-state index is -0.209. The van der Waals surface area contributed by atoms with Gasteiger partial charge in [0.15, 0.2) is 22.6 Å². The topological polar surface area (TPSA) is 80.9 Å². The monoisotopic (exact) mass is 200 g/mol. The molecule has 1 rings (SSSR count). The van der Waals surface area contributed by atoms with Gasteiger partial charge in [-0.3, -0.25) is 4.79 Å². The summed E-state index contributed by atoms with van der Waals surface area (Å²) in [5.41, 5.74) is 5.60. The van der Waals surface area contributed by atoms with Gasteiger partial charge in [0, 0.05) is 14.0 Å². The van der Waals surface area contributed by atoms with Gasteiger partial charge in [-0.1, -0.05) is 11.6 Å². The molecule has 0 aliphatic heterocycles. The Labute approximate surface area is 80.3 Å². The Morgan fingerprint density at radius 1 is 1.54 bits per heavy atom. The fourth-order valence-electron chi connectivity index (χ4n) is 0.848. The molecule has 0 unspecified atom stereocenters. The number of aromatic nitrogens is 2. The quantitative estimate of drug-likeness (QED) is 0.695. The van der Waals surface area contributed by atoms with Crippen molar-refractivity contribution in [3.8, 4) is 0 Å². The molecule has 1 aromatic rings. The van der Waals surface area contributed by atoms with E-state index in [2.05, 4.69) is 15.3 Å². The van der Waals surface area contributed by atoms with Crippen molar-refractivity contribution < 1.29 is 4.79 Å². The standard InChI is InChI=1S/C7H9ClN4O/c1-3(13)4-7(10-2)12-6(9)5(8)11-4/h1-2H3,(H3,9,10,12). The van der Waals surface area contributed by atoms with Crippen molar-refractivity contribution in [2.45, 2.75) is 6.92 Å². The highest BCUT2D eigenvalue weighted by Gasteiger charge is 2.12. The number of ketones is 1. The van der Waals surface area contributed by atoms with E-state index in [1.54, 1.807) is 7.05 Å². The molecule has 1 heterocycles. The molecule has 0 saturated carbocycles. The van der Waals surface area contributed by atoms with Gasteiger partial charge in [-0.05, 0) is 0 Å². The Balaban J connectivity index is 3.33. The van der Waals surface area contributed by atoms with E-state index in [1.807, 2.05) is 0 Å². The molecular formula is C7H9ClN4O. The molecule has 6 heteroatoms. The molecule has 0 aliphatic rings. The third-order valence-corrected chi connectivity index (χ3v) is 1.73. The number of carbonyl (C=O) groups excluding carboxylic acids is 1. The molecule has 13 heavy (non-hydrogen) atoms. The number of anilines is 2. The summed E-state index contributed by atoms with van der Waals surface area (Å²) in [6.07, 6.45) is 0. The molecule has 0 fully saturated rings. The zero-order chi connectivity index (χ0) is 10.0. The smallest absolute Gasteiger partial charge is 0.181 e. The number of nitrogens with two attached hydrogens (primary N) is 1. The fraction of sp³-hybridized carbons (Fsp3) is 0.286. The zero-order valence-corrected chi connectivity index (χ0v) is 8.01. The number of hydrogen-bond donors (Lipinski definition) is 2. The second-order valence-electron chi connectivity index (χ2n) is 2.40. The average Bonchev–Trinajstić information content (AvgIpc) is 2.08. The predicted molar refractivity (Wildman–Crippen MR) is 51.0 cm³/mol. The number of hydrogen-bond acceptors (Lipinski definition) is 5. The Kier molecular flexibility index (Phi) is 2.67. The second-order valence-corrected chi connectivity index (χ2v) is 2.76. The lowest BCUT2D eigenvalue weighted by atomic mass is 10.3. The maximum atomic E-state index is 11.0. The maximum absolute atomic E-state index is 11.0. The van der Waals surface area contributed by atoms with Crippen molar-refractivity contribution in [3.05, 3.63) is 10.8 Å². The zero-order valence-electron chi connectivity index (χ0n) is 7.26. The lowest BCUT2D eigenvalue weighted by Gasteiger charge is -2.05. The maximum Gasteiger partial charge on any atom is 0.181 e. The van der Waals surface area contributed by atoms with Crippen LogP contribution in [0.5, 0.6) is 0 Å². The minimum Gasteiger partial charge on any atom is -0.381 e. The van der Waals surface area contributed by atoms with Crippen LogP contribution in [0.15, 0.2) is 0 Å². The molecule has 5 nitrogen and oxygen atoms in total. The van der Waals surface area contributed by atoms with E-state index in [0.717, 1.165) is 0 Å². The number of nitrogen functional groups attached to an aromatic ring is 1. The van der Waals surface area contributed by atoms with E-state index in [0.29, 0.717) is 5.82 Å². The Hall–Kier alpha value is -1.36. The van der Waals surface area contributed by atoms with Crippen LogP contribution in [0.25, 0.3) is 0 Å². The molecule has 0 saturated heterocycles. The minimum absolute atomic E-state index is 0.0456. The Morgan fingerprint density at radius 3 is 2.62 bits per heavy atom. The van der Waals surface area contributed by atoms with Gasteiger partial charge in [0.1, 0.15) is 5.69 Å². The summed E-state index contributed by atoms with van der Waals surface area (Å²) in [7, 11) is 1.63. The molecule has 0 aliphatic carbocycles. The molecule has 0 radical (unpaired) electrons. The van der Waals surface area contributed by atoms with Crippen molar-refractivity contribution in [1.29, 1.82) is 0 Å². The van der Waals surface area contributed by atoms with E-state index in [1.165, 1.54) is 6.92 Å². The summed E-state index contributed by atoms with van der Waals surface area (Å²) in [5, 5.41) is 2.76. The first kappa shape index (κ1) is 9.73. The fourth-order valence-corrected chi connectivity index (χ4v) is 0.974. The molecule has 0 atom stereocenters. The summed E-state index contributed by atoms with van der Waals surface area (Å²) in [6, 6.07) is 0. The number of Topliss-reactive ketones (excluding diaryl/α,β-unsaturated/α-hetero) is 1. The number of rotatable bonds is 2. The highest BCUT2D eigenvalue weighted by atomic mass is 35.5. The summed E-state index contributed by atoms with van der Waals surface area (Å²) in [4.78, 5) is 18.7. The normalized spacial score (nSPS) is 9.77. The van der Waals surface area contributed by atoms with Gasteiger partial charge in [-0.25, -0.2) is 9.97 Å². The predicted octanol–water partition coefficient (Wildman–Crippen LogP) is 0.957. The van der Waals surface area contributed by atoms with E-state index in [9.17, 15) is 4.79 Å². The van der Waals surface area contributed by atoms with Crippen LogP contribution in [-0.4, -0.2) is 22.8 Å². The van der Waals surface area contributed by atoms with Crippen LogP contribution in [0, 0.1) is 0 Å². The average molecular weight is 201 g/mol. The van der Waals surface area contributed by atoms with Gasteiger partial charge < -0.3 is 11.1 Å². The SMILES string of the molecule is CNc1nc(N)c(Cl)nc1C(C)=O. The lowest BCUT2D eigenvalue weighted by molar-refractivity contribution is 0.101. The van der Waals surface area contributed by atoms with Crippen LogP contribution in [0.2, 0.25) is 5.15 Å². The molecular weight excluding hydrogens is 192 g/mol. The van der Waals surface area contributed by atoms with Crippen LogP contribution < -0.4 is 11.1 Å². The Morgan fingerprint density at radius 2 is 2.15 bits per heavy atom. The molecule has 0 aromatic carbocycles. The van der Waals surface area contributed by atoms with Crippen molar-refractivity contribution >= 4 is 29.0 Å². The molecule has 1 aromatic heterocycles. The third-order valence-electron chi connectivity index (χ3n) is 1.45. The van der Waals surface area contributed by atoms with Crippen molar-refractivity contribution in [2.24, 2.45) is 0 Å². The summed E-state index contributed by atoms with van der Waals surface area (Å²) in [6.45, 7) is 1.39. The van der Waals surface area contributed by atoms with E-state index < -0.39 is 0 Å². The number of carbonyl (C=O) groups is 1. The van der Waals surface area contributed by atoms with Crippen LogP contribution >= 0.6 is 11.6 Å². The summed E-state index contributed by atoms with van der Waals surface area (Å²) < 4.78 is 0.